The topological polar surface area (TPSA) is 35.2 Å². The lowest BCUT2D eigenvalue weighted by atomic mass is 9.92. The van der Waals surface area contributed by atoms with E-state index >= 15 is 0 Å². The van der Waals surface area contributed by atoms with Crippen LogP contribution in [0.3, 0.4) is 0 Å². The molecule has 0 aromatic heterocycles. The molecule has 1 saturated carbocycles. The number of nitrogens with two attached hydrogens (primary N) is 1. The maximum absolute atomic E-state index is 5.93. The van der Waals surface area contributed by atoms with E-state index in [4.69, 9.17) is 10.5 Å². The van der Waals surface area contributed by atoms with Crippen molar-refractivity contribution in [1.29, 1.82) is 0 Å². The van der Waals surface area contributed by atoms with E-state index in [-0.39, 0.29) is 5.41 Å². The first-order chi connectivity index (χ1) is 7.76. The molecule has 0 spiro atoms. The largest absolute Gasteiger partial charge is 0.494 e. The van der Waals surface area contributed by atoms with Gasteiger partial charge < -0.3 is 10.5 Å². The van der Waals surface area contributed by atoms with Crippen LogP contribution < -0.4 is 10.5 Å². The van der Waals surface area contributed by atoms with E-state index in [1.807, 2.05) is 6.92 Å². The van der Waals surface area contributed by atoms with E-state index in [2.05, 4.69) is 31.2 Å². The van der Waals surface area contributed by atoms with E-state index in [1.54, 1.807) is 0 Å². The van der Waals surface area contributed by atoms with E-state index < -0.39 is 0 Å². The lowest BCUT2D eigenvalue weighted by Gasteiger charge is -2.15. The monoisotopic (exact) mass is 219 g/mol. The van der Waals surface area contributed by atoms with Crippen LogP contribution in [-0.4, -0.2) is 13.2 Å². The Morgan fingerprint density at radius 1 is 1.31 bits per heavy atom. The zero-order valence-electron chi connectivity index (χ0n) is 10.2. The first-order valence-corrected chi connectivity index (χ1v) is 6.20. The van der Waals surface area contributed by atoms with Gasteiger partial charge in [0.15, 0.2) is 0 Å². The van der Waals surface area contributed by atoms with Crippen molar-refractivity contribution in [2.45, 2.75) is 32.1 Å². The van der Waals surface area contributed by atoms with Gasteiger partial charge in [0.2, 0.25) is 0 Å². The average Bonchev–Trinajstić information content (AvgIpc) is 3.05. The number of ether oxygens (including phenoxy) is 1. The van der Waals surface area contributed by atoms with Gasteiger partial charge in [0, 0.05) is 12.0 Å². The third-order valence-corrected chi connectivity index (χ3v) is 3.83. The van der Waals surface area contributed by atoms with E-state index in [1.165, 1.54) is 18.4 Å². The van der Waals surface area contributed by atoms with Crippen LogP contribution in [0.5, 0.6) is 5.75 Å². The summed E-state index contributed by atoms with van der Waals surface area (Å²) >= 11 is 0. The molecule has 2 heteroatoms. The fourth-order valence-corrected chi connectivity index (χ4v) is 2.69. The number of hydrogen-bond donors (Lipinski definition) is 1. The van der Waals surface area contributed by atoms with E-state index in [0.29, 0.717) is 0 Å². The lowest BCUT2D eigenvalue weighted by molar-refractivity contribution is 0.340. The minimum absolute atomic E-state index is 0.263. The first kappa shape index (κ1) is 11.5. The van der Waals surface area contributed by atoms with Crippen LogP contribution in [0.1, 0.15) is 32.3 Å². The van der Waals surface area contributed by atoms with Crippen molar-refractivity contribution in [3.63, 3.8) is 0 Å². The van der Waals surface area contributed by atoms with Crippen LogP contribution in [0.25, 0.3) is 0 Å². The van der Waals surface area contributed by atoms with Crippen molar-refractivity contribution >= 4 is 0 Å². The molecule has 0 saturated heterocycles. The molecule has 2 nitrogen and oxygen atoms in total. The molecular weight excluding hydrogens is 198 g/mol. The Hall–Kier alpha value is -1.02. The van der Waals surface area contributed by atoms with Crippen LogP contribution in [-0.2, 0) is 5.41 Å². The highest BCUT2D eigenvalue weighted by Gasteiger charge is 2.52. The molecule has 1 fully saturated rings. The Bertz CT molecular complexity index is 346. The highest BCUT2D eigenvalue weighted by Crippen LogP contribution is 2.55. The zero-order chi connectivity index (χ0) is 11.6. The molecule has 1 aromatic rings. The Balaban J connectivity index is 2.15. The fourth-order valence-electron chi connectivity index (χ4n) is 2.69. The molecule has 0 radical (unpaired) electrons. The van der Waals surface area contributed by atoms with Gasteiger partial charge in [-0.05, 0) is 37.0 Å². The zero-order valence-corrected chi connectivity index (χ0v) is 10.2. The van der Waals surface area contributed by atoms with Gasteiger partial charge in [-0.15, -0.1) is 0 Å². The molecule has 1 aliphatic rings. The van der Waals surface area contributed by atoms with Crippen LogP contribution in [0.2, 0.25) is 0 Å². The standard InChI is InChI=1S/C14H21NO/c1-3-11-9-14(11,10-15)12-5-7-13(8-6-12)16-4-2/h5-8,11H,3-4,9-10,15H2,1-2H3. The summed E-state index contributed by atoms with van der Waals surface area (Å²) in [7, 11) is 0. The lowest BCUT2D eigenvalue weighted by Crippen LogP contribution is -2.22. The summed E-state index contributed by atoms with van der Waals surface area (Å²) in [5.41, 5.74) is 7.58. The first-order valence-electron chi connectivity index (χ1n) is 6.20. The van der Waals surface area contributed by atoms with Crippen molar-refractivity contribution in [1.82, 2.24) is 0 Å². The normalized spacial score (nSPS) is 27.8. The summed E-state index contributed by atoms with van der Waals surface area (Å²) < 4.78 is 5.45. The van der Waals surface area contributed by atoms with Crippen LogP contribution in [0.4, 0.5) is 0 Å². The van der Waals surface area contributed by atoms with Crippen LogP contribution >= 0.6 is 0 Å². The predicted octanol–water partition coefficient (Wildman–Crippen LogP) is 2.71. The second kappa shape index (κ2) is 4.46. The van der Waals surface area contributed by atoms with E-state index in [9.17, 15) is 0 Å². The SMILES string of the molecule is CCOc1ccc(C2(CN)CC2CC)cc1. The Morgan fingerprint density at radius 2 is 2.00 bits per heavy atom. The van der Waals surface area contributed by atoms with Crippen LogP contribution in [0.15, 0.2) is 24.3 Å². The van der Waals surface area contributed by atoms with Crippen LogP contribution in [0, 0.1) is 5.92 Å². The molecule has 0 heterocycles. The molecule has 0 amide bonds. The van der Waals surface area contributed by atoms with Crippen molar-refractivity contribution < 1.29 is 4.74 Å². The number of rotatable bonds is 5. The summed E-state index contributed by atoms with van der Waals surface area (Å²) in [6.07, 6.45) is 2.47. The molecule has 1 aromatic carbocycles. The van der Waals surface area contributed by atoms with Gasteiger partial charge >= 0.3 is 0 Å². The summed E-state index contributed by atoms with van der Waals surface area (Å²) in [6.45, 7) is 5.73. The third-order valence-electron chi connectivity index (χ3n) is 3.83. The second-order valence-corrected chi connectivity index (χ2v) is 4.63. The van der Waals surface area contributed by atoms with Gasteiger partial charge in [-0.1, -0.05) is 25.5 Å². The van der Waals surface area contributed by atoms with Gasteiger partial charge in [0.05, 0.1) is 6.61 Å². The highest BCUT2D eigenvalue weighted by atomic mass is 16.5. The maximum Gasteiger partial charge on any atom is 0.119 e. The number of hydrogen-bond acceptors (Lipinski definition) is 2. The second-order valence-electron chi connectivity index (χ2n) is 4.63. The smallest absolute Gasteiger partial charge is 0.119 e. The van der Waals surface area contributed by atoms with Crippen molar-refractivity contribution in [2.24, 2.45) is 11.7 Å². The molecule has 88 valence electrons. The molecule has 1 aliphatic carbocycles. The van der Waals surface area contributed by atoms with Crippen molar-refractivity contribution in [2.75, 3.05) is 13.2 Å². The molecule has 2 atom stereocenters. The summed E-state index contributed by atoms with van der Waals surface area (Å²) in [5, 5.41) is 0. The molecule has 16 heavy (non-hydrogen) atoms. The minimum atomic E-state index is 0.263. The Morgan fingerprint density at radius 3 is 2.44 bits per heavy atom. The summed E-state index contributed by atoms with van der Waals surface area (Å²) in [5.74, 6) is 1.72. The fraction of sp³-hybridized carbons (Fsp3) is 0.571. The van der Waals surface area contributed by atoms with Gasteiger partial charge in [-0.25, -0.2) is 0 Å². The van der Waals surface area contributed by atoms with Crippen molar-refractivity contribution in [3.05, 3.63) is 29.8 Å². The van der Waals surface area contributed by atoms with Gasteiger partial charge in [-0.3, -0.25) is 0 Å². The molecule has 0 aliphatic heterocycles. The Labute approximate surface area is 97.8 Å². The van der Waals surface area contributed by atoms with Crippen molar-refractivity contribution in [3.8, 4) is 5.75 Å². The third kappa shape index (κ3) is 1.82. The highest BCUT2D eigenvalue weighted by molar-refractivity contribution is 5.38. The summed E-state index contributed by atoms with van der Waals surface area (Å²) in [4.78, 5) is 0. The molecule has 2 rings (SSSR count). The Kier molecular flexibility index (Phi) is 3.20. The van der Waals surface area contributed by atoms with E-state index in [0.717, 1.165) is 24.8 Å². The maximum atomic E-state index is 5.93. The molecular formula is C14H21NO. The van der Waals surface area contributed by atoms with Gasteiger partial charge in [0.1, 0.15) is 5.75 Å². The molecule has 2 N–H and O–H groups in total. The predicted molar refractivity (Wildman–Crippen MR) is 66.7 cm³/mol. The van der Waals surface area contributed by atoms with Gasteiger partial charge in [0.25, 0.3) is 0 Å². The molecule has 2 unspecified atom stereocenters. The van der Waals surface area contributed by atoms with Gasteiger partial charge in [-0.2, -0.15) is 0 Å². The average molecular weight is 219 g/mol. The molecule has 0 bridgehead atoms. The summed E-state index contributed by atoms with van der Waals surface area (Å²) in [6, 6.07) is 8.46. The minimum Gasteiger partial charge on any atom is -0.494 e. The number of benzene rings is 1. The quantitative estimate of drug-likeness (QED) is 0.826.